The Kier molecular flexibility index (Phi) is 6.09. The van der Waals surface area contributed by atoms with Gasteiger partial charge in [-0.05, 0) is 61.2 Å². The van der Waals surface area contributed by atoms with Crippen molar-refractivity contribution in [1.82, 2.24) is 4.90 Å². The van der Waals surface area contributed by atoms with Crippen molar-refractivity contribution < 1.29 is 14.4 Å². The smallest absolute Gasteiger partial charge is 0.255 e. The Labute approximate surface area is 164 Å². The van der Waals surface area contributed by atoms with E-state index in [0.29, 0.717) is 28.4 Å². The van der Waals surface area contributed by atoms with E-state index in [1.807, 2.05) is 4.90 Å². The van der Waals surface area contributed by atoms with Gasteiger partial charge in [0.05, 0.1) is 0 Å². The van der Waals surface area contributed by atoms with Crippen LogP contribution in [0.15, 0.2) is 48.5 Å². The van der Waals surface area contributed by atoms with Crippen LogP contribution in [0.4, 0.5) is 11.4 Å². The first kappa shape index (κ1) is 19.6. The molecule has 28 heavy (non-hydrogen) atoms. The number of piperidine rings is 1. The fourth-order valence-electron chi connectivity index (χ4n) is 3.39. The summed E-state index contributed by atoms with van der Waals surface area (Å²) in [6.45, 7) is 5.12. The largest absolute Gasteiger partial charge is 0.338 e. The lowest BCUT2D eigenvalue weighted by atomic mass is 9.99. The number of hydrogen-bond acceptors (Lipinski definition) is 3. The summed E-state index contributed by atoms with van der Waals surface area (Å²) in [4.78, 5) is 38.3. The van der Waals surface area contributed by atoms with Gasteiger partial charge in [-0.15, -0.1) is 0 Å². The quantitative estimate of drug-likeness (QED) is 0.849. The molecule has 146 valence electrons. The Morgan fingerprint density at radius 3 is 2.25 bits per heavy atom. The maximum absolute atomic E-state index is 12.8. The van der Waals surface area contributed by atoms with Crippen LogP contribution in [0.1, 0.15) is 47.4 Å². The summed E-state index contributed by atoms with van der Waals surface area (Å²) < 4.78 is 0. The zero-order valence-electron chi connectivity index (χ0n) is 16.2. The lowest BCUT2D eigenvalue weighted by molar-refractivity contribution is -0.114. The minimum Gasteiger partial charge on any atom is -0.338 e. The molecule has 1 aliphatic rings. The first-order chi connectivity index (χ1) is 13.4. The Morgan fingerprint density at radius 2 is 1.61 bits per heavy atom. The fourth-order valence-corrected chi connectivity index (χ4v) is 3.39. The van der Waals surface area contributed by atoms with E-state index in [0.717, 1.165) is 25.9 Å². The minimum atomic E-state index is -0.283. The first-order valence-electron chi connectivity index (χ1n) is 9.51. The standard InChI is InChI=1S/C22H25N3O3/c1-15-5-4-12-25(14-15)22(28)18-7-3-6-17(13-18)21(27)24-20-10-8-19(9-11-20)23-16(2)26/h3,6-11,13,15H,4-5,12,14H2,1-2H3,(H,23,26)(H,24,27). The van der Waals surface area contributed by atoms with E-state index in [-0.39, 0.29) is 17.7 Å². The van der Waals surface area contributed by atoms with Gasteiger partial charge in [-0.3, -0.25) is 14.4 Å². The van der Waals surface area contributed by atoms with E-state index in [9.17, 15) is 14.4 Å². The van der Waals surface area contributed by atoms with Crippen LogP contribution in [0.5, 0.6) is 0 Å². The summed E-state index contributed by atoms with van der Waals surface area (Å²) >= 11 is 0. The van der Waals surface area contributed by atoms with Crippen molar-refractivity contribution in [3.8, 4) is 0 Å². The van der Waals surface area contributed by atoms with Gasteiger partial charge in [-0.2, -0.15) is 0 Å². The number of amides is 3. The molecule has 1 atom stereocenters. The lowest BCUT2D eigenvalue weighted by Crippen LogP contribution is -2.39. The summed E-state index contributed by atoms with van der Waals surface area (Å²) in [5.41, 5.74) is 2.24. The molecule has 2 N–H and O–H groups in total. The van der Waals surface area contributed by atoms with Crippen molar-refractivity contribution in [2.75, 3.05) is 23.7 Å². The minimum absolute atomic E-state index is 0.0270. The second kappa shape index (κ2) is 8.69. The second-order valence-corrected chi connectivity index (χ2v) is 7.29. The number of rotatable bonds is 4. The Bertz CT molecular complexity index is 877. The molecule has 2 aromatic carbocycles. The number of carbonyl (C=O) groups is 3. The van der Waals surface area contributed by atoms with Gasteiger partial charge in [0.25, 0.3) is 11.8 Å². The summed E-state index contributed by atoms with van der Waals surface area (Å²) in [6.07, 6.45) is 2.16. The molecule has 0 aromatic heterocycles. The highest BCUT2D eigenvalue weighted by molar-refractivity contribution is 6.06. The van der Waals surface area contributed by atoms with Crippen LogP contribution in [0.3, 0.4) is 0 Å². The average Bonchev–Trinajstić information content (AvgIpc) is 2.68. The Morgan fingerprint density at radius 1 is 0.964 bits per heavy atom. The lowest BCUT2D eigenvalue weighted by Gasteiger charge is -2.31. The molecule has 1 heterocycles. The van der Waals surface area contributed by atoms with E-state index in [1.54, 1.807) is 48.5 Å². The normalized spacial score (nSPS) is 16.4. The Hall–Kier alpha value is -3.15. The topological polar surface area (TPSA) is 78.5 Å². The van der Waals surface area contributed by atoms with Crippen molar-refractivity contribution in [3.63, 3.8) is 0 Å². The zero-order valence-corrected chi connectivity index (χ0v) is 16.2. The SMILES string of the molecule is CC(=O)Nc1ccc(NC(=O)c2cccc(C(=O)N3CCCC(C)C3)c2)cc1. The summed E-state index contributed by atoms with van der Waals surface area (Å²) in [5, 5.41) is 5.49. The molecule has 1 saturated heterocycles. The fraction of sp³-hybridized carbons (Fsp3) is 0.318. The van der Waals surface area contributed by atoms with Crippen LogP contribution in [0, 0.1) is 5.92 Å². The molecule has 6 nitrogen and oxygen atoms in total. The van der Waals surface area contributed by atoms with Gasteiger partial charge >= 0.3 is 0 Å². The molecular weight excluding hydrogens is 354 g/mol. The monoisotopic (exact) mass is 379 g/mol. The third-order valence-corrected chi connectivity index (χ3v) is 4.78. The molecule has 0 bridgehead atoms. The third kappa shape index (κ3) is 4.97. The highest BCUT2D eigenvalue weighted by atomic mass is 16.2. The summed E-state index contributed by atoms with van der Waals surface area (Å²) in [7, 11) is 0. The van der Waals surface area contributed by atoms with Gasteiger partial charge in [-0.25, -0.2) is 0 Å². The summed E-state index contributed by atoms with van der Waals surface area (Å²) in [6, 6.07) is 13.7. The predicted octanol–water partition coefficient (Wildman–Crippen LogP) is 3.77. The number of benzene rings is 2. The average molecular weight is 379 g/mol. The van der Waals surface area contributed by atoms with Gasteiger partial charge in [-0.1, -0.05) is 13.0 Å². The number of nitrogens with zero attached hydrogens (tertiary/aromatic N) is 1. The number of hydrogen-bond donors (Lipinski definition) is 2. The Balaban J connectivity index is 1.68. The van der Waals surface area contributed by atoms with Crippen LogP contribution in [-0.4, -0.2) is 35.7 Å². The number of anilines is 2. The molecule has 3 rings (SSSR count). The van der Waals surface area contributed by atoms with Crippen molar-refractivity contribution in [2.45, 2.75) is 26.7 Å². The van der Waals surface area contributed by atoms with E-state index >= 15 is 0 Å². The van der Waals surface area contributed by atoms with Crippen molar-refractivity contribution in [3.05, 3.63) is 59.7 Å². The van der Waals surface area contributed by atoms with Crippen LogP contribution in [-0.2, 0) is 4.79 Å². The van der Waals surface area contributed by atoms with Gasteiger partial charge in [0.2, 0.25) is 5.91 Å². The van der Waals surface area contributed by atoms with Gasteiger partial charge in [0.15, 0.2) is 0 Å². The van der Waals surface area contributed by atoms with E-state index in [1.165, 1.54) is 6.92 Å². The van der Waals surface area contributed by atoms with E-state index < -0.39 is 0 Å². The zero-order chi connectivity index (χ0) is 20.1. The van der Waals surface area contributed by atoms with Crippen LogP contribution >= 0.6 is 0 Å². The molecule has 0 aliphatic carbocycles. The maximum atomic E-state index is 12.8. The molecule has 6 heteroatoms. The van der Waals surface area contributed by atoms with Crippen molar-refractivity contribution >= 4 is 29.1 Å². The summed E-state index contributed by atoms with van der Waals surface area (Å²) in [5.74, 6) is 0.0424. The molecule has 0 saturated carbocycles. The number of carbonyl (C=O) groups excluding carboxylic acids is 3. The molecule has 1 unspecified atom stereocenters. The molecule has 0 radical (unpaired) electrons. The number of likely N-dealkylation sites (tertiary alicyclic amines) is 1. The third-order valence-electron chi connectivity index (χ3n) is 4.78. The molecule has 0 spiro atoms. The first-order valence-corrected chi connectivity index (χ1v) is 9.51. The molecule has 2 aromatic rings. The predicted molar refractivity (Wildman–Crippen MR) is 109 cm³/mol. The van der Waals surface area contributed by atoms with E-state index in [2.05, 4.69) is 17.6 Å². The van der Waals surface area contributed by atoms with Gasteiger partial charge in [0, 0.05) is 42.5 Å². The van der Waals surface area contributed by atoms with Crippen molar-refractivity contribution in [2.24, 2.45) is 5.92 Å². The molecule has 3 amide bonds. The number of nitrogens with one attached hydrogen (secondary N) is 2. The van der Waals surface area contributed by atoms with Gasteiger partial charge < -0.3 is 15.5 Å². The van der Waals surface area contributed by atoms with Crippen LogP contribution < -0.4 is 10.6 Å². The highest BCUT2D eigenvalue weighted by Gasteiger charge is 2.22. The van der Waals surface area contributed by atoms with Gasteiger partial charge in [0.1, 0.15) is 0 Å². The van der Waals surface area contributed by atoms with Crippen LogP contribution in [0.2, 0.25) is 0 Å². The maximum Gasteiger partial charge on any atom is 0.255 e. The van der Waals surface area contributed by atoms with Crippen molar-refractivity contribution in [1.29, 1.82) is 0 Å². The molecular formula is C22H25N3O3. The van der Waals surface area contributed by atoms with E-state index in [4.69, 9.17) is 0 Å². The molecule has 1 fully saturated rings. The van der Waals surface area contributed by atoms with Crippen LogP contribution in [0.25, 0.3) is 0 Å². The second-order valence-electron chi connectivity index (χ2n) is 7.29. The highest BCUT2D eigenvalue weighted by Crippen LogP contribution is 2.19. The molecule has 1 aliphatic heterocycles.